The molecule has 0 saturated carbocycles. The van der Waals surface area contributed by atoms with Gasteiger partial charge in [-0.05, 0) is 25.2 Å². The Labute approximate surface area is 323 Å². The Morgan fingerprint density at radius 2 is 0.673 bits per heavy atom. The van der Waals surface area contributed by atoms with Crippen molar-refractivity contribution in [1.82, 2.24) is 0 Å². The third kappa shape index (κ3) is 38.1. The molecule has 0 rings (SSSR count). The van der Waals surface area contributed by atoms with E-state index in [1.54, 1.807) is 0 Å². The molecule has 0 aromatic heterocycles. The minimum atomic E-state index is -0.757. The van der Waals surface area contributed by atoms with E-state index in [1.165, 1.54) is 141 Å². The molecule has 0 fully saturated rings. The molecule has 1 unspecified atom stereocenters. The van der Waals surface area contributed by atoms with E-state index in [2.05, 4.69) is 27.7 Å². The summed E-state index contributed by atoms with van der Waals surface area (Å²) in [6.45, 7) is 8.92. The van der Waals surface area contributed by atoms with Crippen molar-refractivity contribution in [2.45, 2.75) is 259 Å². The van der Waals surface area contributed by atoms with Crippen LogP contribution < -0.4 is 0 Å². The normalized spacial score (nSPS) is 12.5. The number of carbonyl (C=O) groups is 3. The Balaban J connectivity index is 4.11. The third-order valence-corrected chi connectivity index (χ3v) is 10.7. The van der Waals surface area contributed by atoms with Gasteiger partial charge >= 0.3 is 17.9 Å². The second-order valence-electron chi connectivity index (χ2n) is 15.9. The zero-order chi connectivity index (χ0) is 38.2. The molecule has 0 aromatic rings. The maximum absolute atomic E-state index is 12.5. The van der Waals surface area contributed by atoms with E-state index in [0.29, 0.717) is 19.3 Å². The number of ether oxygens (including phenoxy) is 3. The molecular weight excluding hydrogens is 649 g/mol. The first kappa shape index (κ1) is 50.4. The number of esters is 3. The van der Waals surface area contributed by atoms with Crippen molar-refractivity contribution in [2.24, 2.45) is 5.92 Å². The van der Waals surface area contributed by atoms with Crippen molar-refractivity contribution in [2.75, 3.05) is 13.2 Å². The summed E-state index contributed by atoms with van der Waals surface area (Å²) in [6.07, 6.45) is 39.7. The molecule has 0 saturated heterocycles. The molecule has 308 valence electrons. The highest BCUT2D eigenvalue weighted by atomic mass is 16.6. The standard InChI is InChI=1S/C46H88O6/c1-5-8-10-12-13-14-15-16-17-18-19-20-21-22-26-30-33-37-44(47)50-40-43(52-46(49)39-35-28-11-9-6-2)41-51-45(48)38-34-31-27-24-23-25-29-32-36-42(4)7-3/h42-43H,5-41H2,1-4H3/t42?,43-/m0/s1. The zero-order valence-electron chi connectivity index (χ0n) is 35.3. The van der Waals surface area contributed by atoms with E-state index in [4.69, 9.17) is 14.2 Å². The van der Waals surface area contributed by atoms with Gasteiger partial charge in [-0.15, -0.1) is 0 Å². The van der Waals surface area contributed by atoms with Gasteiger partial charge in [0.05, 0.1) is 0 Å². The molecule has 6 heteroatoms. The fourth-order valence-corrected chi connectivity index (χ4v) is 6.77. The van der Waals surface area contributed by atoms with Crippen molar-refractivity contribution in [3.63, 3.8) is 0 Å². The Hall–Kier alpha value is -1.59. The van der Waals surface area contributed by atoms with Gasteiger partial charge in [0.1, 0.15) is 13.2 Å². The molecule has 0 aliphatic carbocycles. The molecule has 0 aromatic carbocycles. The van der Waals surface area contributed by atoms with Crippen molar-refractivity contribution in [3.05, 3.63) is 0 Å². The molecule has 0 spiro atoms. The van der Waals surface area contributed by atoms with Gasteiger partial charge in [-0.3, -0.25) is 14.4 Å². The van der Waals surface area contributed by atoms with Crippen LogP contribution in [0, 0.1) is 5.92 Å². The van der Waals surface area contributed by atoms with Crippen molar-refractivity contribution >= 4 is 17.9 Å². The van der Waals surface area contributed by atoms with E-state index < -0.39 is 6.10 Å². The SMILES string of the molecule is CCCCCCCCCCCCCCCCCCCC(=O)OC[C@@H](COC(=O)CCCCCCCCCCC(C)CC)OC(=O)CCCCCCC. The summed E-state index contributed by atoms with van der Waals surface area (Å²) >= 11 is 0. The summed E-state index contributed by atoms with van der Waals surface area (Å²) < 4.78 is 16.6. The topological polar surface area (TPSA) is 78.9 Å². The van der Waals surface area contributed by atoms with Crippen molar-refractivity contribution < 1.29 is 28.6 Å². The van der Waals surface area contributed by atoms with Crippen LogP contribution in [-0.2, 0) is 28.6 Å². The number of hydrogen-bond donors (Lipinski definition) is 0. The monoisotopic (exact) mass is 737 g/mol. The van der Waals surface area contributed by atoms with Crippen LogP contribution in [0.25, 0.3) is 0 Å². The van der Waals surface area contributed by atoms with Gasteiger partial charge < -0.3 is 14.2 Å². The lowest BCUT2D eigenvalue weighted by Crippen LogP contribution is -2.30. The highest BCUT2D eigenvalue weighted by Crippen LogP contribution is 2.17. The Morgan fingerprint density at radius 3 is 1.00 bits per heavy atom. The molecule has 0 N–H and O–H groups in total. The molecule has 52 heavy (non-hydrogen) atoms. The molecule has 0 aliphatic rings. The molecule has 0 heterocycles. The smallest absolute Gasteiger partial charge is 0.306 e. The number of rotatable bonds is 41. The van der Waals surface area contributed by atoms with Crippen molar-refractivity contribution in [3.8, 4) is 0 Å². The lowest BCUT2D eigenvalue weighted by Gasteiger charge is -2.18. The highest BCUT2D eigenvalue weighted by Gasteiger charge is 2.19. The van der Waals surface area contributed by atoms with E-state index in [0.717, 1.165) is 70.1 Å². The maximum atomic E-state index is 12.5. The molecular formula is C46H88O6. The molecule has 0 aliphatic heterocycles. The summed E-state index contributed by atoms with van der Waals surface area (Å²) in [5, 5.41) is 0. The van der Waals surface area contributed by atoms with Gasteiger partial charge in [0.15, 0.2) is 6.10 Å². The van der Waals surface area contributed by atoms with Crippen LogP contribution in [0.15, 0.2) is 0 Å². The molecule has 0 radical (unpaired) electrons. The lowest BCUT2D eigenvalue weighted by atomic mass is 9.99. The molecule has 6 nitrogen and oxygen atoms in total. The van der Waals surface area contributed by atoms with Crippen LogP contribution in [0.4, 0.5) is 0 Å². The van der Waals surface area contributed by atoms with Crippen LogP contribution >= 0.6 is 0 Å². The first-order valence-corrected chi connectivity index (χ1v) is 22.9. The summed E-state index contributed by atoms with van der Waals surface area (Å²) in [5.41, 5.74) is 0. The average molecular weight is 737 g/mol. The van der Waals surface area contributed by atoms with Crippen LogP contribution in [0.2, 0.25) is 0 Å². The average Bonchev–Trinajstić information content (AvgIpc) is 3.14. The Morgan fingerprint density at radius 1 is 0.385 bits per heavy atom. The van der Waals surface area contributed by atoms with Crippen LogP contribution in [-0.4, -0.2) is 37.2 Å². The summed E-state index contributed by atoms with van der Waals surface area (Å²) in [6, 6.07) is 0. The second kappa shape index (κ2) is 40.6. The minimum absolute atomic E-state index is 0.0655. The van der Waals surface area contributed by atoms with Crippen LogP contribution in [0.5, 0.6) is 0 Å². The predicted octanol–water partition coefficient (Wildman–Crippen LogP) is 14.3. The fourth-order valence-electron chi connectivity index (χ4n) is 6.77. The van der Waals surface area contributed by atoms with Crippen LogP contribution in [0.1, 0.15) is 252 Å². The number of unbranched alkanes of at least 4 members (excludes halogenated alkanes) is 27. The minimum Gasteiger partial charge on any atom is -0.462 e. The maximum Gasteiger partial charge on any atom is 0.306 e. The van der Waals surface area contributed by atoms with E-state index >= 15 is 0 Å². The predicted molar refractivity (Wildman–Crippen MR) is 220 cm³/mol. The first-order valence-electron chi connectivity index (χ1n) is 22.9. The van der Waals surface area contributed by atoms with Crippen LogP contribution in [0.3, 0.4) is 0 Å². The van der Waals surface area contributed by atoms with Gasteiger partial charge in [-0.2, -0.15) is 0 Å². The Kier molecular flexibility index (Phi) is 39.4. The first-order chi connectivity index (χ1) is 25.4. The van der Waals surface area contributed by atoms with E-state index in [1.807, 2.05) is 0 Å². The largest absolute Gasteiger partial charge is 0.462 e. The van der Waals surface area contributed by atoms with Gasteiger partial charge in [0.2, 0.25) is 0 Å². The number of carbonyl (C=O) groups excluding carboxylic acids is 3. The van der Waals surface area contributed by atoms with Gasteiger partial charge in [0.25, 0.3) is 0 Å². The molecule has 0 amide bonds. The highest BCUT2D eigenvalue weighted by molar-refractivity contribution is 5.71. The summed E-state index contributed by atoms with van der Waals surface area (Å²) in [5.74, 6) is -0.0220. The molecule has 0 bridgehead atoms. The third-order valence-electron chi connectivity index (χ3n) is 10.7. The quantitative estimate of drug-likeness (QED) is 0.0353. The zero-order valence-corrected chi connectivity index (χ0v) is 35.3. The lowest BCUT2D eigenvalue weighted by molar-refractivity contribution is -0.167. The fraction of sp³-hybridized carbons (Fsp3) is 0.935. The van der Waals surface area contributed by atoms with Gasteiger partial charge in [-0.1, -0.05) is 214 Å². The van der Waals surface area contributed by atoms with Gasteiger partial charge in [0, 0.05) is 19.3 Å². The van der Waals surface area contributed by atoms with Crippen molar-refractivity contribution in [1.29, 1.82) is 0 Å². The second-order valence-corrected chi connectivity index (χ2v) is 15.9. The number of hydrogen-bond acceptors (Lipinski definition) is 6. The van der Waals surface area contributed by atoms with E-state index in [9.17, 15) is 14.4 Å². The summed E-state index contributed by atoms with van der Waals surface area (Å²) in [7, 11) is 0. The molecule has 2 atom stereocenters. The van der Waals surface area contributed by atoms with E-state index in [-0.39, 0.29) is 31.1 Å². The van der Waals surface area contributed by atoms with Gasteiger partial charge in [-0.25, -0.2) is 0 Å². The Bertz CT molecular complexity index is 783. The summed E-state index contributed by atoms with van der Waals surface area (Å²) in [4.78, 5) is 37.4.